The molecule has 0 radical (unpaired) electrons. The van der Waals surface area contributed by atoms with Crippen molar-refractivity contribution in [1.29, 1.82) is 0 Å². The van der Waals surface area contributed by atoms with E-state index in [0.717, 1.165) is 25.2 Å². The van der Waals surface area contributed by atoms with Gasteiger partial charge in [0.15, 0.2) is 0 Å². The Hall–Kier alpha value is -0.880. The minimum Gasteiger partial charge on any atom is -0.368 e. The van der Waals surface area contributed by atoms with E-state index < -0.39 is 0 Å². The number of rotatable bonds is 2. The normalized spacial score (nSPS) is 20.4. The van der Waals surface area contributed by atoms with Crippen molar-refractivity contribution < 1.29 is 0 Å². The molecule has 0 bridgehead atoms. The largest absolute Gasteiger partial charge is 0.368 e. The van der Waals surface area contributed by atoms with E-state index in [0.29, 0.717) is 10.5 Å². The second-order valence-corrected chi connectivity index (χ2v) is 4.79. The van der Waals surface area contributed by atoms with E-state index in [9.17, 15) is 4.79 Å². The van der Waals surface area contributed by atoms with Gasteiger partial charge < -0.3 is 10.2 Å². The number of anilines is 1. The van der Waals surface area contributed by atoms with Crippen molar-refractivity contribution in [3.05, 3.63) is 21.0 Å². The van der Waals surface area contributed by atoms with Crippen LogP contribution in [0.5, 0.6) is 0 Å². The van der Waals surface area contributed by atoms with Crippen LogP contribution in [-0.2, 0) is 7.05 Å². The molecule has 1 fully saturated rings. The Labute approximate surface area is 103 Å². The number of nitrogens with zero attached hydrogens (tertiary/aromatic N) is 3. The van der Waals surface area contributed by atoms with Gasteiger partial charge in [0.1, 0.15) is 4.47 Å². The lowest BCUT2D eigenvalue weighted by molar-refractivity contribution is 0.616. The standard InChI is InChI=1S/C10H15BrN4O/c1-12-7-3-4-15(6-7)8-5-13-14(2)10(16)9(8)11/h5,7,12H,3-4,6H2,1-2H3. The van der Waals surface area contributed by atoms with Crippen LogP contribution in [-0.4, -0.2) is 36.0 Å². The summed E-state index contributed by atoms with van der Waals surface area (Å²) >= 11 is 3.35. The fourth-order valence-electron chi connectivity index (χ4n) is 1.94. The zero-order chi connectivity index (χ0) is 11.7. The second kappa shape index (κ2) is 4.55. The molecule has 1 N–H and O–H groups in total. The maximum atomic E-state index is 11.7. The van der Waals surface area contributed by atoms with E-state index in [-0.39, 0.29) is 5.56 Å². The zero-order valence-electron chi connectivity index (χ0n) is 9.40. The predicted molar refractivity (Wildman–Crippen MR) is 66.9 cm³/mol. The number of hydrogen-bond acceptors (Lipinski definition) is 4. The maximum Gasteiger partial charge on any atom is 0.282 e. The molecule has 2 rings (SSSR count). The van der Waals surface area contributed by atoms with Crippen molar-refractivity contribution in [2.75, 3.05) is 25.0 Å². The molecular weight excluding hydrogens is 272 g/mol. The molecule has 6 heteroatoms. The molecule has 1 atom stereocenters. The molecule has 0 spiro atoms. The predicted octanol–water partition coefficient (Wildman–Crippen LogP) is 0.341. The molecule has 1 unspecified atom stereocenters. The van der Waals surface area contributed by atoms with Crippen LogP contribution in [0.2, 0.25) is 0 Å². The van der Waals surface area contributed by atoms with Gasteiger partial charge in [-0.05, 0) is 29.4 Å². The van der Waals surface area contributed by atoms with Crippen LogP contribution < -0.4 is 15.8 Å². The van der Waals surface area contributed by atoms with Gasteiger partial charge in [-0.25, -0.2) is 4.68 Å². The van der Waals surface area contributed by atoms with Gasteiger partial charge in [0.2, 0.25) is 0 Å². The summed E-state index contributed by atoms with van der Waals surface area (Å²) in [5.74, 6) is 0. The van der Waals surface area contributed by atoms with E-state index in [1.807, 2.05) is 7.05 Å². The molecule has 1 aromatic rings. The Bertz CT molecular complexity index is 445. The Kier molecular flexibility index (Phi) is 3.30. The quantitative estimate of drug-likeness (QED) is 0.852. The van der Waals surface area contributed by atoms with Crippen LogP contribution in [0, 0.1) is 0 Å². The summed E-state index contributed by atoms with van der Waals surface area (Å²) in [7, 11) is 3.61. The van der Waals surface area contributed by atoms with Gasteiger partial charge in [-0.2, -0.15) is 5.10 Å². The highest BCUT2D eigenvalue weighted by Crippen LogP contribution is 2.25. The summed E-state index contributed by atoms with van der Waals surface area (Å²) in [6.45, 7) is 1.88. The Morgan fingerprint density at radius 2 is 2.38 bits per heavy atom. The van der Waals surface area contributed by atoms with Crippen molar-refractivity contribution >= 4 is 21.6 Å². The lowest BCUT2D eigenvalue weighted by Gasteiger charge is -2.19. The van der Waals surface area contributed by atoms with E-state index >= 15 is 0 Å². The maximum absolute atomic E-state index is 11.7. The number of hydrogen-bond donors (Lipinski definition) is 1. The van der Waals surface area contributed by atoms with Gasteiger partial charge in [-0.15, -0.1) is 0 Å². The molecule has 0 aromatic carbocycles. The summed E-state index contributed by atoms with van der Waals surface area (Å²) < 4.78 is 1.93. The monoisotopic (exact) mass is 286 g/mol. The minimum atomic E-state index is -0.0922. The lowest BCUT2D eigenvalue weighted by atomic mass is 10.3. The van der Waals surface area contributed by atoms with Crippen molar-refractivity contribution in [1.82, 2.24) is 15.1 Å². The first-order chi connectivity index (χ1) is 7.63. The van der Waals surface area contributed by atoms with Gasteiger partial charge in [-0.1, -0.05) is 0 Å². The Balaban J connectivity index is 2.29. The third-order valence-corrected chi connectivity index (χ3v) is 3.74. The first-order valence-corrected chi connectivity index (χ1v) is 6.07. The molecule has 5 nitrogen and oxygen atoms in total. The van der Waals surface area contributed by atoms with Gasteiger partial charge in [0, 0.05) is 26.2 Å². The number of aryl methyl sites for hydroxylation is 1. The Morgan fingerprint density at radius 1 is 1.62 bits per heavy atom. The fraction of sp³-hybridized carbons (Fsp3) is 0.600. The average molecular weight is 287 g/mol. The molecule has 1 saturated heterocycles. The lowest BCUT2D eigenvalue weighted by Crippen LogP contribution is -2.31. The highest BCUT2D eigenvalue weighted by atomic mass is 79.9. The summed E-state index contributed by atoms with van der Waals surface area (Å²) in [5.41, 5.74) is 0.797. The van der Waals surface area contributed by atoms with Crippen LogP contribution in [0.4, 0.5) is 5.69 Å². The minimum absolute atomic E-state index is 0.0922. The molecule has 88 valence electrons. The molecule has 16 heavy (non-hydrogen) atoms. The average Bonchev–Trinajstić information content (AvgIpc) is 2.74. The van der Waals surface area contributed by atoms with Crippen LogP contribution in [0.15, 0.2) is 15.5 Å². The van der Waals surface area contributed by atoms with Gasteiger partial charge >= 0.3 is 0 Å². The molecule has 1 aliphatic heterocycles. The second-order valence-electron chi connectivity index (χ2n) is 3.99. The van der Waals surface area contributed by atoms with E-state index in [2.05, 4.69) is 31.2 Å². The van der Waals surface area contributed by atoms with Crippen molar-refractivity contribution in [2.45, 2.75) is 12.5 Å². The zero-order valence-corrected chi connectivity index (χ0v) is 11.0. The molecule has 0 amide bonds. The summed E-state index contributed by atoms with van der Waals surface area (Å²) in [5, 5.41) is 7.30. The molecular formula is C10H15BrN4O. The van der Waals surface area contributed by atoms with Crippen molar-refractivity contribution in [2.24, 2.45) is 7.05 Å². The van der Waals surface area contributed by atoms with Gasteiger partial charge in [0.25, 0.3) is 5.56 Å². The van der Waals surface area contributed by atoms with Gasteiger partial charge in [-0.3, -0.25) is 4.79 Å². The third-order valence-electron chi connectivity index (χ3n) is 3.00. The Morgan fingerprint density at radius 3 is 3.00 bits per heavy atom. The van der Waals surface area contributed by atoms with E-state index in [1.165, 1.54) is 4.68 Å². The van der Waals surface area contributed by atoms with Crippen molar-refractivity contribution in [3.8, 4) is 0 Å². The highest BCUT2D eigenvalue weighted by Gasteiger charge is 2.23. The van der Waals surface area contributed by atoms with Crippen LogP contribution in [0.25, 0.3) is 0 Å². The van der Waals surface area contributed by atoms with Crippen LogP contribution in [0.3, 0.4) is 0 Å². The molecule has 2 heterocycles. The fourth-order valence-corrected chi connectivity index (χ4v) is 2.55. The van der Waals surface area contributed by atoms with E-state index in [4.69, 9.17) is 0 Å². The van der Waals surface area contributed by atoms with Crippen LogP contribution >= 0.6 is 15.9 Å². The smallest absolute Gasteiger partial charge is 0.282 e. The number of likely N-dealkylation sites (N-methyl/N-ethyl adjacent to an activating group) is 1. The summed E-state index contributed by atoms with van der Waals surface area (Å²) in [6.07, 6.45) is 2.83. The summed E-state index contributed by atoms with van der Waals surface area (Å²) in [6, 6.07) is 0.496. The number of halogens is 1. The number of nitrogens with one attached hydrogen (secondary N) is 1. The van der Waals surface area contributed by atoms with Gasteiger partial charge in [0.05, 0.1) is 11.9 Å². The number of aromatic nitrogens is 2. The first-order valence-electron chi connectivity index (χ1n) is 5.27. The highest BCUT2D eigenvalue weighted by molar-refractivity contribution is 9.10. The third kappa shape index (κ3) is 1.99. The molecule has 0 saturated carbocycles. The topological polar surface area (TPSA) is 50.2 Å². The summed E-state index contributed by atoms with van der Waals surface area (Å²) in [4.78, 5) is 13.9. The van der Waals surface area contributed by atoms with E-state index in [1.54, 1.807) is 13.2 Å². The molecule has 1 aliphatic rings. The molecule has 0 aliphatic carbocycles. The van der Waals surface area contributed by atoms with Crippen molar-refractivity contribution in [3.63, 3.8) is 0 Å². The van der Waals surface area contributed by atoms with Crippen LogP contribution in [0.1, 0.15) is 6.42 Å². The first kappa shape index (κ1) is 11.6. The molecule has 1 aromatic heterocycles. The SMILES string of the molecule is CNC1CCN(c2cnn(C)c(=O)c2Br)C1.